The lowest BCUT2D eigenvalue weighted by Crippen LogP contribution is -2.04. The van der Waals surface area contributed by atoms with E-state index >= 15 is 0 Å². The highest BCUT2D eigenvalue weighted by atomic mass is 79.9. The lowest BCUT2D eigenvalue weighted by molar-refractivity contribution is 0.624. The van der Waals surface area contributed by atoms with E-state index in [0.29, 0.717) is 0 Å². The van der Waals surface area contributed by atoms with Crippen LogP contribution >= 0.6 is 15.9 Å². The molecule has 0 radical (unpaired) electrons. The third-order valence-corrected chi connectivity index (χ3v) is 3.48. The fraction of sp³-hybridized carbons (Fsp3) is 0.214. The second-order valence-electron chi connectivity index (χ2n) is 4.50. The van der Waals surface area contributed by atoms with Crippen LogP contribution in [0.4, 0.5) is 0 Å². The van der Waals surface area contributed by atoms with Crippen molar-refractivity contribution in [3.63, 3.8) is 0 Å². The first-order valence-electron chi connectivity index (χ1n) is 6.04. The number of nitrogens with zero attached hydrogens (tertiary/aromatic N) is 2. The molecule has 0 spiro atoms. The van der Waals surface area contributed by atoms with E-state index in [0.717, 1.165) is 39.0 Å². The summed E-state index contributed by atoms with van der Waals surface area (Å²) in [5.41, 5.74) is 2.89. The molecule has 2 heterocycles. The standard InChI is InChI=1S/C14H14BrN3O/c1-16-7-10-8-18(2)17-14(10)13-6-9-5-11(15)3-4-12(9)19-13/h3-6,8,16H,7H2,1-2H3. The molecule has 19 heavy (non-hydrogen) atoms. The third kappa shape index (κ3) is 2.31. The second-order valence-corrected chi connectivity index (χ2v) is 5.42. The van der Waals surface area contributed by atoms with Gasteiger partial charge in [0.2, 0.25) is 0 Å². The molecule has 0 unspecified atom stereocenters. The summed E-state index contributed by atoms with van der Waals surface area (Å²) in [6, 6.07) is 8.01. The van der Waals surface area contributed by atoms with Crippen LogP contribution in [0.1, 0.15) is 5.56 Å². The van der Waals surface area contributed by atoms with Crippen molar-refractivity contribution in [3.8, 4) is 11.5 Å². The molecule has 4 nitrogen and oxygen atoms in total. The zero-order chi connectivity index (χ0) is 13.4. The van der Waals surface area contributed by atoms with E-state index in [1.54, 1.807) is 0 Å². The summed E-state index contributed by atoms with van der Waals surface area (Å²) in [7, 11) is 3.84. The van der Waals surface area contributed by atoms with Crippen LogP contribution in [-0.4, -0.2) is 16.8 Å². The van der Waals surface area contributed by atoms with Crippen molar-refractivity contribution < 1.29 is 4.42 Å². The van der Waals surface area contributed by atoms with E-state index in [-0.39, 0.29) is 0 Å². The Morgan fingerprint density at radius 2 is 2.21 bits per heavy atom. The maximum atomic E-state index is 5.88. The summed E-state index contributed by atoms with van der Waals surface area (Å²) in [6.45, 7) is 0.768. The van der Waals surface area contributed by atoms with Crippen LogP contribution in [0.3, 0.4) is 0 Å². The molecule has 0 amide bonds. The summed E-state index contributed by atoms with van der Waals surface area (Å²) >= 11 is 3.47. The van der Waals surface area contributed by atoms with Crippen molar-refractivity contribution in [1.29, 1.82) is 0 Å². The number of aromatic nitrogens is 2. The number of benzene rings is 1. The Labute approximate surface area is 119 Å². The highest BCUT2D eigenvalue weighted by molar-refractivity contribution is 9.10. The molecule has 0 saturated heterocycles. The highest BCUT2D eigenvalue weighted by Crippen LogP contribution is 2.30. The van der Waals surface area contributed by atoms with E-state index in [9.17, 15) is 0 Å². The highest BCUT2D eigenvalue weighted by Gasteiger charge is 2.14. The minimum atomic E-state index is 0.768. The van der Waals surface area contributed by atoms with Gasteiger partial charge in [-0.3, -0.25) is 4.68 Å². The number of nitrogens with one attached hydrogen (secondary N) is 1. The Morgan fingerprint density at radius 1 is 1.37 bits per heavy atom. The van der Waals surface area contributed by atoms with Crippen LogP contribution in [0.2, 0.25) is 0 Å². The molecule has 0 aliphatic carbocycles. The van der Waals surface area contributed by atoms with Crippen LogP contribution in [-0.2, 0) is 13.6 Å². The van der Waals surface area contributed by atoms with Crippen molar-refractivity contribution >= 4 is 26.9 Å². The molecule has 0 saturated carbocycles. The first-order valence-corrected chi connectivity index (χ1v) is 6.83. The van der Waals surface area contributed by atoms with Crippen molar-refractivity contribution in [2.75, 3.05) is 7.05 Å². The Morgan fingerprint density at radius 3 is 3.00 bits per heavy atom. The second kappa shape index (κ2) is 4.83. The van der Waals surface area contributed by atoms with Gasteiger partial charge in [0.15, 0.2) is 5.76 Å². The predicted octanol–water partition coefficient (Wildman–Crippen LogP) is 3.32. The zero-order valence-electron chi connectivity index (χ0n) is 10.8. The van der Waals surface area contributed by atoms with Gasteiger partial charge in [0.25, 0.3) is 0 Å². The fourth-order valence-corrected chi connectivity index (χ4v) is 2.57. The van der Waals surface area contributed by atoms with Gasteiger partial charge in [0.1, 0.15) is 11.3 Å². The van der Waals surface area contributed by atoms with Gasteiger partial charge in [-0.2, -0.15) is 5.10 Å². The largest absolute Gasteiger partial charge is 0.454 e. The van der Waals surface area contributed by atoms with Crippen LogP contribution in [0.15, 0.2) is 39.4 Å². The van der Waals surface area contributed by atoms with Crippen LogP contribution in [0, 0.1) is 0 Å². The van der Waals surface area contributed by atoms with Gasteiger partial charge >= 0.3 is 0 Å². The predicted molar refractivity (Wildman–Crippen MR) is 78.9 cm³/mol. The summed E-state index contributed by atoms with van der Waals surface area (Å²) in [4.78, 5) is 0. The maximum Gasteiger partial charge on any atom is 0.156 e. The number of fused-ring (bicyclic) bond motifs is 1. The van der Waals surface area contributed by atoms with E-state index in [1.165, 1.54) is 0 Å². The van der Waals surface area contributed by atoms with Crippen molar-refractivity contribution in [1.82, 2.24) is 15.1 Å². The molecule has 0 fully saturated rings. The molecule has 0 atom stereocenters. The molecule has 0 aliphatic rings. The molecular formula is C14H14BrN3O. The van der Waals surface area contributed by atoms with Gasteiger partial charge in [0, 0.05) is 35.2 Å². The van der Waals surface area contributed by atoms with E-state index in [4.69, 9.17) is 4.42 Å². The normalized spacial score (nSPS) is 11.3. The molecule has 1 N–H and O–H groups in total. The number of furan rings is 1. The molecular weight excluding hydrogens is 306 g/mol. The molecule has 5 heteroatoms. The van der Waals surface area contributed by atoms with Crippen LogP contribution in [0.5, 0.6) is 0 Å². The Bertz CT molecular complexity index is 729. The van der Waals surface area contributed by atoms with Crippen LogP contribution < -0.4 is 5.32 Å². The molecule has 1 aromatic carbocycles. The Hall–Kier alpha value is -1.59. The third-order valence-electron chi connectivity index (χ3n) is 2.98. The first kappa shape index (κ1) is 12.4. The van der Waals surface area contributed by atoms with Crippen LogP contribution in [0.25, 0.3) is 22.4 Å². The van der Waals surface area contributed by atoms with E-state index in [1.807, 2.05) is 49.2 Å². The molecule has 3 aromatic rings. The summed E-state index contributed by atoms with van der Waals surface area (Å²) < 4.78 is 8.74. The fourth-order valence-electron chi connectivity index (χ4n) is 2.20. The van der Waals surface area contributed by atoms with E-state index < -0.39 is 0 Å². The summed E-state index contributed by atoms with van der Waals surface area (Å²) in [5.74, 6) is 0.805. The summed E-state index contributed by atoms with van der Waals surface area (Å²) in [5, 5.41) is 8.71. The van der Waals surface area contributed by atoms with E-state index in [2.05, 4.69) is 26.3 Å². The smallest absolute Gasteiger partial charge is 0.156 e. The van der Waals surface area contributed by atoms with Crippen molar-refractivity contribution in [3.05, 3.63) is 40.5 Å². The molecule has 2 aromatic heterocycles. The van der Waals surface area contributed by atoms with Gasteiger partial charge in [-0.1, -0.05) is 15.9 Å². The minimum absolute atomic E-state index is 0.768. The lowest BCUT2D eigenvalue weighted by Gasteiger charge is -1.97. The minimum Gasteiger partial charge on any atom is -0.454 e. The Kier molecular flexibility index (Phi) is 3.16. The summed E-state index contributed by atoms with van der Waals surface area (Å²) in [6.07, 6.45) is 2.01. The molecule has 0 aliphatic heterocycles. The topological polar surface area (TPSA) is 43.0 Å². The SMILES string of the molecule is CNCc1cn(C)nc1-c1cc2cc(Br)ccc2o1. The quantitative estimate of drug-likeness (QED) is 0.805. The van der Waals surface area contributed by atoms with Gasteiger partial charge in [-0.15, -0.1) is 0 Å². The molecule has 3 rings (SSSR count). The first-order chi connectivity index (χ1) is 9.17. The number of aryl methyl sites for hydroxylation is 1. The average molecular weight is 320 g/mol. The van der Waals surface area contributed by atoms with Gasteiger partial charge in [0.05, 0.1) is 0 Å². The number of hydrogen-bond acceptors (Lipinski definition) is 3. The lowest BCUT2D eigenvalue weighted by atomic mass is 10.2. The van der Waals surface area contributed by atoms with Crippen molar-refractivity contribution in [2.24, 2.45) is 7.05 Å². The van der Waals surface area contributed by atoms with Gasteiger partial charge in [-0.25, -0.2) is 0 Å². The monoisotopic (exact) mass is 319 g/mol. The number of hydrogen-bond donors (Lipinski definition) is 1. The number of rotatable bonds is 3. The molecule has 0 bridgehead atoms. The Balaban J connectivity index is 2.13. The van der Waals surface area contributed by atoms with Crippen molar-refractivity contribution in [2.45, 2.75) is 6.54 Å². The maximum absolute atomic E-state index is 5.88. The molecule has 98 valence electrons. The van der Waals surface area contributed by atoms with Gasteiger partial charge in [-0.05, 0) is 31.3 Å². The zero-order valence-corrected chi connectivity index (χ0v) is 12.4. The average Bonchev–Trinajstić information content (AvgIpc) is 2.92. The van der Waals surface area contributed by atoms with Gasteiger partial charge < -0.3 is 9.73 Å². The number of halogens is 1.